The third-order valence-corrected chi connectivity index (χ3v) is 4.37. The molecule has 104 valence electrons. The van der Waals surface area contributed by atoms with Crippen molar-refractivity contribution in [2.75, 3.05) is 25.4 Å². The van der Waals surface area contributed by atoms with Gasteiger partial charge in [0.1, 0.15) is 0 Å². The summed E-state index contributed by atoms with van der Waals surface area (Å²) in [5.41, 5.74) is 7.95. The van der Waals surface area contributed by atoms with Crippen LogP contribution in [0.2, 0.25) is 0 Å². The Morgan fingerprint density at radius 3 is 2.37 bits per heavy atom. The maximum absolute atomic E-state index is 5.72. The smallest absolute Gasteiger partial charge is 0.0314 e. The molecule has 1 aliphatic heterocycles. The maximum Gasteiger partial charge on any atom is 0.0314 e. The molecule has 0 amide bonds. The molecular weight excluding hydrogens is 234 g/mol. The number of anilines is 1. The van der Waals surface area contributed by atoms with E-state index < -0.39 is 0 Å². The van der Waals surface area contributed by atoms with Gasteiger partial charge in [-0.25, -0.2) is 0 Å². The summed E-state index contributed by atoms with van der Waals surface area (Å²) in [6, 6.07) is 9.16. The molecule has 0 radical (unpaired) electrons. The van der Waals surface area contributed by atoms with Gasteiger partial charge in [0, 0.05) is 18.3 Å². The number of hydrogen-bond donors (Lipinski definition) is 2. The first kappa shape index (κ1) is 12.9. The van der Waals surface area contributed by atoms with Gasteiger partial charge in [-0.1, -0.05) is 12.1 Å². The number of nitrogen functional groups attached to an aromatic ring is 1. The monoisotopic (exact) mass is 259 g/mol. The van der Waals surface area contributed by atoms with Crippen molar-refractivity contribution in [3.8, 4) is 0 Å². The largest absolute Gasteiger partial charge is 0.399 e. The fourth-order valence-corrected chi connectivity index (χ4v) is 2.85. The molecule has 1 saturated carbocycles. The highest BCUT2D eigenvalue weighted by Gasteiger charge is 2.24. The molecule has 3 heteroatoms. The molecule has 19 heavy (non-hydrogen) atoms. The van der Waals surface area contributed by atoms with E-state index in [1.54, 1.807) is 0 Å². The summed E-state index contributed by atoms with van der Waals surface area (Å²) in [7, 11) is 0. The number of rotatable bonds is 5. The van der Waals surface area contributed by atoms with Crippen LogP contribution in [-0.2, 0) is 6.54 Å². The summed E-state index contributed by atoms with van der Waals surface area (Å²) < 4.78 is 0. The first-order valence-electron chi connectivity index (χ1n) is 7.60. The Morgan fingerprint density at radius 2 is 1.74 bits per heavy atom. The van der Waals surface area contributed by atoms with Gasteiger partial charge in [-0.3, -0.25) is 4.90 Å². The summed E-state index contributed by atoms with van der Waals surface area (Å²) >= 11 is 0. The van der Waals surface area contributed by atoms with Crippen LogP contribution < -0.4 is 11.1 Å². The molecule has 1 heterocycles. The highest BCUT2D eigenvalue weighted by molar-refractivity contribution is 5.39. The zero-order valence-electron chi connectivity index (χ0n) is 11.6. The Bertz CT molecular complexity index is 389. The van der Waals surface area contributed by atoms with Crippen molar-refractivity contribution in [2.45, 2.75) is 38.3 Å². The van der Waals surface area contributed by atoms with E-state index in [1.165, 1.54) is 50.9 Å². The number of likely N-dealkylation sites (tertiary alicyclic amines) is 1. The molecule has 1 aromatic carbocycles. The molecule has 0 spiro atoms. The minimum absolute atomic E-state index is 0.854. The average molecular weight is 259 g/mol. The third-order valence-electron chi connectivity index (χ3n) is 4.37. The Morgan fingerprint density at radius 1 is 1.05 bits per heavy atom. The predicted octanol–water partition coefficient (Wildman–Crippen LogP) is 2.23. The van der Waals surface area contributed by atoms with E-state index in [9.17, 15) is 0 Å². The standard InChI is InChI=1S/C16H25N3/c17-15-3-1-14(2-4-15)12-19-9-7-13(8-10-19)11-18-16-5-6-16/h1-4,13,16,18H,5-12,17H2. The highest BCUT2D eigenvalue weighted by Crippen LogP contribution is 2.22. The van der Waals surface area contributed by atoms with Crippen LogP contribution in [0.25, 0.3) is 0 Å². The molecule has 3 rings (SSSR count). The Kier molecular flexibility index (Phi) is 4.04. The fraction of sp³-hybridized carbons (Fsp3) is 0.625. The Hall–Kier alpha value is -1.06. The molecule has 1 saturated heterocycles. The lowest BCUT2D eigenvalue weighted by atomic mass is 9.96. The quantitative estimate of drug-likeness (QED) is 0.797. The van der Waals surface area contributed by atoms with Gasteiger partial charge in [-0.15, -0.1) is 0 Å². The summed E-state index contributed by atoms with van der Waals surface area (Å²) in [5.74, 6) is 0.892. The van der Waals surface area contributed by atoms with Crippen LogP contribution in [0.1, 0.15) is 31.2 Å². The van der Waals surface area contributed by atoms with Crippen LogP contribution in [0, 0.1) is 5.92 Å². The summed E-state index contributed by atoms with van der Waals surface area (Å²) in [6.45, 7) is 4.78. The molecule has 1 aromatic rings. The molecule has 0 aromatic heterocycles. The van der Waals surface area contributed by atoms with Crippen LogP contribution in [0.3, 0.4) is 0 Å². The molecule has 0 atom stereocenters. The van der Waals surface area contributed by atoms with Gasteiger partial charge in [-0.2, -0.15) is 0 Å². The second-order valence-electron chi connectivity index (χ2n) is 6.14. The van der Waals surface area contributed by atoms with E-state index in [2.05, 4.69) is 22.3 Å². The molecule has 1 aliphatic carbocycles. The minimum Gasteiger partial charge on any atom is -0.399 e. The second-order valence-corrected chi connectivity index (χ2v) is 6.14. The van der Waals surface area contributed by atoms with Crippen LogP contribution >= 0.6 is 0 Å². The van der Waals surface area contributed by atoms with Crippen molar-refractivity contribution < 1.29 is 0 Å². The van der Waals surface area contributed by atoms with E-state index in [4.69, 9.17) is 5.73 Å². The normalized spacial score (nSPS) is 21.7. The molecule has 3 N–H and O–H groups in total. The van der Waals surface area contributed by atoms with Crippen molar-refractivity contribution in [3.63, 3.8) is 0 Å². The Balaban J connectivity index is 1.40. The van der Waals surface area contributed by atoms with Gasteiger partial charge in [0.05, 0.1) is 0 Å². The first-order chi connectivity index (χ1) is 9.29. The molecule has 3 nitrogen and oxygen atoms in total. The fourth-order valence-electron chi connectivity index (χ4n) is 2.85. The number of nitrogens with one attached hydrogen (secondary N) is 1. The minimum atomic E-state index is 0.854. The summed E-state index contributed by atoms with van der Waals surface area (Å²) in [5, 5.41) is 3.66. The average Bonchev–Trinajstić information content (AvgIpc) is 3.25. The zero-order valence-corrected chi connectivity index (χ0v) is 11.6. The lowest BCUT2D eigenvalue weighted by molar-refractivity contribution is 0.175. The number of nitrogens with zero attached hydrogens (tertiary/aromatic N) is 1. The van der Waals surface area contributed by atoms with Crippen LogP contribution in [0.4, 0.5) is 5.69 Å². The van der Waals surface area contributed by atoms with E-state index in [0.29, 0.717) is 0 Å². The SMILES string of the molecule is Nc1ccc(CN2CCC(CNC3CC3)CC2)cc1. The molecule has 2 aliphatic rings. The van der Waals surface area contributed by atoms with E-state index >= 15 is 0 Å². The summed E-state index contributed by atoms with van der Waals surface area (Å²) in [4.78, 5) is 2.57. The van der Waals surface area contributed by atoms with Gasteiger partial charge in [-0.05, 0) is 68.9 Å². The van der Waals surface area contributed by atoms with Crippen molar-refractivity contribution in [3.05, 3.63) is 29.8 Å². The lowest BCUT2D eigenvalue weighted by Crippen LogP contribution is -2.37. The number of nitrogens with two attached hydrogens (primary N) is 1. The van der Waals surface area contributed by atoms with Gasteiger partial charge in [0.15, 0.2) is 0 Å². The highest BCUT2D eigenvalue weighted by atomic mass is 15.1. The van der Waals surface area contributed by atoms with E-state index in [1.807, 2.05) is 12.1 Å². The van der Waals surface area contributed by atoms with Crippen molar-refractivity contribution >= 4 is 5.69 Å². The van der Waals surface area contributed by atoms with Crippen LogP contribution in [0.15, 0.2) is 24.3 Å². The predicted molar refractivity (Wildman–Crippen MR) is 79.9 cm³/mol. The molecular formula is C16H25N3. The molecule has 0 bridgehead atoms. The number of benzene rings is 1. The van der Waals surface area contributed by atoms with Gasteiger partial charge >= 0.3 is 0 Å². The van der Waals surface area contributed by atoms with Gasteiger partial charge in [0.2, 0.25) is 0 Å². The van der Waals surface area contributed by atoms with Gasteiger partial charge in [0.25, 0.3) is 0 Å². The number of piperidine rings is 1. The Labute approximate surface area is 116 Å². The third kappa shape index (κ3) is 3.95. The lowest BCUT2D eigenvalue weighted by Gasteiger charge is -2.32. The molecule has 0 unspecified atom stereocenters. The topological polar surface area (TPSA) is 41.3 Å². The maximum atomic E-state index is 5.72. The van der Waals surface area contributed by atoms with Crippen LogP contribution in [0.5, 0.6) is 0 Å². The second kappa shape index (κ2) is 5.93. The van der Waals surface area contributed by atoms with Crippen LogP contribution in [-0.4, -0.2) is 30.6 Å². The van der Waals surface area contributed by atoms with Gasteiger partial charge < -0.3 is 11.1 Å². The number of hydrogen-bond acceptors (Lipinski definition) is 3. The van der Waals surface area contributed by atoms with E-state index in [0.717, 1.165) is 24.2 Å². The first-order valence-corrected chi connectivity index (χ1v) is 7.60. The van der Waals surface area contributed by atoms with Crippen molar-refractivity contribution in [1.82, 2.24) is 10.2 Å². The zero-order chi connectivity index (χ0) is 13.1. The summed E-state index contributed by atoms with van der Waals surface area (Å²) in [6.07, 6.45) is 5.48. The van der Waals surface area contributed by atoms with Crippen molar-refractivity contribution in [2.24, 2.45) is 5.92 Å². The van der Waals surface area contributed by atoms with E-state index in [-0.39, 0.29) is 0 Å². The van der Waals surface area contributed by atoms with Crippen molar-refractivity contribution in [1.29, 1.82) is 0 Å². The molecule has 2 fully saturated rings.